The van der Waals surface area contributed by atoms with Gasteiger partial charge in [0.2, 0.25) is 15.8 Å². The number of H-pyrrole nitrogens is 1. The van der Waals surface area contributed by atoms with Crippen molar-refractivity contribution in [3.63, 3.8) is 0 Å². The molecule has 4 rings (SSSR count). The van der Waals surface area contributed by atoms with Gasteiger partial charge in [0, 0.05) is 47.2 Å². The Hall–Kier alpha value is -3.70. The summed E-state index contributed by atoms with van der Waals surface area (Å²) in [4.78, 5) is 27.3. The molecule has 0 radical (unpaired) electrons. The average Bonchev–Trinajstić information content (AvgIpc) is 3.32. The average molecular weight is 542 g/mol. The van der Waals surface area contributed by atoms with E-state index in [9.17, 15) is 17.6 Å². The summed E-state index contributed by atoms with van der Waals surface area (Å²) in [5.74, 6) is -3.55. The van der Waals surface area contributed by atoms with Crippen LogP contribution in [0.3, 0.4) is 0 Å². The summed E-state index contributed by atoms with van der Waals surface area (Å²) in [6.07, 6.45) is 4.99. The molecule has 0 aliphatic heterocycles. The molecule has 0 saturated heterocycles. The molecule has 0 bridgehead atoms. The Morgan fingerprint density at radius 1 is 1.03 bits per heavy atom. The first-order valence-corrected chi connectivity index (χ1v) is 14.0. The third-order valence-corrected chi connectivity index (χ3v) is 7.75. The van der Waals surface area contributed by atoms with Crippen molar-refractivity contribution in [3.8, 4) is 11.1 Å². The van der Waals surface area contributed by atoms with Gasteiger partial charge in [0.25, 0.3) is 0 Å². The second-order valence-electron chi connectivity index (χ2n) is 8.86. The van der Waals surface area contributed by atoms with Gasteiger partial charge in [-0.05, 0) is 43.8 Å². The molecule has 2 N–H and O–H groups in total. The molecule has 0 aliphatic rings. The van der Waals surface area contributed by atoms with Crippen LogP contribution in [0.15, 0.2) is 48.9 Å². The molecule has 0 fully saturated rings. The van der Waals surface area contributed by atoms with Crippen LogP contribution in [-0.4, -0.2) is 52.9 Å². The van der Waals surface area contributed by atoms with Crippen molar-refractivity contribution in [2.24, 2.45) is 0 Å². The fourth-order valence-electron chi connectivity index (χ4n) is 4.18. The molecule has 0 unspecified atom stereocenters. The van der Waals surface area contributed by atoms with Crippen LogP contribution in [0.2, 0.25) is 0 Å². The van der Waals surface area contributed by atoms with Gasteiger partial charge in [-0.15, -0.1) is 0 Å². The lowest BCUT2D eigenvalue weighted by molar-refractivity contribution is 0.103. The van der Waals surface area contributed by atoms with Crippen molar-refractivity contribution in [1.82, 2.24) is 19.9 Å². The molecule has 8 nitrogen and oxygen atoms in total. The van der Waals surface area contributed by atoms with E-state index in [-0.39, 0.29) is 11.3 Å². The second kappa shape index (κ2) is 11.4. The molecule has 0 spiro atoms. The highest BCUT2D eigenvalue weighted by atomic mass is 32.2. The molecular formula is C27H29F2N5O3S. The standard InChI is InChI=1S/C27H29F2N5O3S/c1-4-11-38(36,37)33-23-10-9-22(28)24(25(23)29)26(35)21-15-32-27-20(21)12-18(14-31-27)17-7-8-19(30-13-17)16-34(5-2)6-3/h7-10,12-15,33H,4-6,11,16H2,1-3H3,(H,31,32). The normalized spacial score (nSPS) is 11.8. The van der Waals surface area contributed by atoms with Gasteiger partial charge in [-0.1, -0.05) is 26.8 Å². The van der Waals surface area contributed by atoms with Crippen molar-refractivity contribution in [1.29, 1.82) is 0 Å². The number of halogens is 2. The first-order valence-electron chi connectivity index (χ1n) is 12.3. The number of aromatic nitrogens is 3. The van der Waals surface area contributed by atoms with Crippen molar-refractivity contribution in [2.75, 3.05) is 23.6 Å². The minimum absolute atomic E-state index is 0.00632. The number of fused-ring (bicyclic) bond motifs is 1. The minimum atomic E-state index is -3.85. The van der Waals surface area contributed by atoms with Crippen LogP contribution in [0, 0.1) is 11.6 Å². The number of sulfonamides is 1. The number of ketones is 1. The number of pyridine rings is 2. The lowest BCUT2D eigenvalue weighted by Crippen LogP contribution is -2.22. The lowest BCUT2D eigenvalue weighted by atomic mass is 10.00. The number of hydrogen-bond acceptors (Lipinski definition) is 6. The smallest absolute Gasteiger partial charge is 0.232 e. The topological polar surface area (TPSA) is 108 Å². The molecule has 200 valence electrons. The molecule has 0 aliphatic carbocycles. The van der Waals surface area contributed by atoms with Gasteiger partial charge >= 0.3 is 0 Å². The highest BCUT2D eigenvalue weighted by molar-refractivity contribution is 7.92. The molecule has 0 saturated carbocycles. The highest BCUT2D eigenvalue weighted by Crippen LogP contribution is 2.29. The van der Waals surface area contributed by atoms with E-state index in [1.54, 1.807) is 25.4 Å². The van der Waals surface area contributed by atoms with E-state index in [1.807, 2.05) is 12.1 Å². The number of aromatic amines is 1. The van der Waals surface area contributed by atoms with Crippen molar-refractivity contribution < 1.29 is 22.0 Å². The Morgan fingerprint density at radius 2 is 1.76 bits per heavy atom. The molecule has 3 heterocycles. The van der Waals surface area contributed by atoms with E-state index in [4.69, 9.17) is 0 Å². The molecule has 4 aromatic rings. The van der Waals surface area contributed by atoms with Gasteiger partial charge in [0.15, 0.2) is 5.82 Å². The molecule has 11 heteroatoms. The number of carbonyl (C=O) groups is 1. The third-order valence-electron chi connectivity index (χ3n) is 6.27. The van der Waals surface area contributed by atoms with E-state index >= 15 is 4.39 Å². The third kappa shape index (κ3) is 5.73. The number of benzene rings is 1. The summed E-state index contributed by atoms with van der Waals surface area (Å²) < 4.78 is 56.3. The van der Waals surface area contributed by atoms with Gasteiger partial charge in [-0.3, -0.25) is 19.4 Å². The predicted molar refractivity (Wildman–Crippen MR) is 143 cm³/mol. The first-order chi connectivity index (χ1) is 18.2. The highest BCUT2D eigenvalue weighted by Gasteiger charge is 2.26. The van der Waals surface area contributed by atoms with Crippen molar-refractivity contribution in [2.45, 2.75) is 33.7 Å². The lowest BCUT2D eigenvalue weighted by Gasteiger charge is -2.17. The van der Waals surface area contributed by atoms with Crippen LogP contribution in [0.1, 0.15) is 48.8 Å². The van der Waals surface area contributed by atoms with Gasteiger partial charge in [-0.2, -0.15) is 0 Å². The van der Waals surface area contributed by atoms with E-state index in [0.29, 0.717) is 23.0 Å². The Bertz CT molecular complexity index is 1570. The van der Waals surface area contributed by atoms with Crippen LogP contribution in [0.25, 0.3) is 22.2 Å². The van der Waals surface area contributed by atoms with Crippen LogP contribution >= 0.6 is 0 Å². The minimum Gasteiger partial charge on any atom is -0.345 e. The Morgan fingerprint density at radius 3 is 2.42 bits per heavy atom. The molecular weight excluding hydrogens is 512 g/mol. The van der Waals surface area contributed by atoms with Crippen LogP contribution in [0.5, 0.6) is 0 Å². The van der Waals surface area contributed by atoms with Crippen LogP contribution in [-0.2, 0) is 16.6 Å². The van der Waals surface area contributed by atoms with E-state index in [2.05, 4.69) is 38.4 Å². The molecule has 0 amide bonds. The first kappa shape index (κ1) is 27.3. The second-order valence-corrected chi connectivity index (χ2v) is 10.7. The fraction of sp³-hybridized carbons (Fsp3) is 0.296. The van der Waals surface area contributed by atoms with Gasteiger partial charge in [0.05, 0.1) is 22.7 Å². The molecule has 1 aromatic carbocycles. The van der Waals surface area contributed by atoms with Crippen LogP contribution < -0.4 is 4.72 Å². The zero-order chi connectivity index (χ0) is 27.4. The zero-order valence-corrected chi connectivity index (χ0v) is 22.2. The summed E-state index contributed by atoms with van der Waals surface area (Å²) in [6, 6.07) is 7.37. The van der Waals surface area contributed by atoms with Crippen molar-refractivity contribution in [3.05, 3.63) is 77.4 Å². The van der Waals surface area contributed by atoms with E-state index in [0.717, 1.165) is 43.0 Å². The number of hydrogen-bond donors (Lipinski definition) is 2. The molecule has 38 heavy (non-hydrogen) atoms. The largest absolute Gasteiger partial charge is 0.345 e. The fourth-order valence-corrected chi connectivity index (χ4v) is 5.31. The maximum absolute atomic E-state index is 15.2. The monoisotopic (exact) mass is 541 g/mol. The Kier molecular flexibility index (Phi) is 8.17. The number of nitrogens with one attached hydrogen (secondary N) is 2. The quantitative estimate of drug-likeness (QED) is 0.255. The SMILES string of the molecule is CCCS(=O)(=O)Nc1ccc(F)c(C(=O)c2c[nH]c3ncc(-c4ccc(CN(CC)CC)nc4)cc23)c1F. The Labute approximate surface area is 220 Å². The summed E-state index contributed by atoms with van der Waals surface area (Å²) in [6.45, 7) is 8.40. The number of rotatable bonds is 11. The zero-order valence-electron chi connectivity index (χ0n) is 21.4. The van der Waals surface area contributed by atoms with Crippen molar-refractivity contribution >= 4 is 32.5 Å². The molecule has 0 atom stereocenters. The summed E-state index contributed by atoms with van der Waals surface area (Å²) in [7, 11) is -3.85. The molecule has 3 aromatic heterocycles. The Balaban J connectivity index is 1.68. The summed E-state index contributed by atoms with van der Waals surface area (Å²) in [5, 5.41) is 0.371. The number of anilines is 1. The summed E-state index contributed by atoms with van der Waals surface area (Å²) >= 11 is 0. The predicted octanol–water partition coefficient (Wildman–Crippen LogP) is 5.13. The van der Waals surface area contributed by atoms with Gasteiger partial charge < -0.3 is 4.98 Å². The maximum Gasteiger partial charge on any atom is 0.232 e. The van der Waals surface area contributed by atoms with Gasteiger partial charge in [-0.25, -0.2) is 22.2 Å². The van der Waals surface area contributed by atoms with Crippen LogP contribution in [0.4, 0.5) is 14.5 Å². The maximum atomic E-state index is 15.2. The summed E-state index contributed by atoms with van der Waals surface area (Å²) in [5.41, 5.74) is 1.40. The van der Waals surface area contributed by atoms with E-state index < -0.39 is 38.7 Å². The number of carbonyl (C=O) groups excluding carboxylic acids is 1. The number of nitrogens with zero attached hydrogens (tertiary/aromatic N) is 3. The van der Waals surface area contributed by atoms with Gasteiger partial charge in [0.1, 0.15) is 11.5 Å². The van der Waals surface area contributed by atoms with E-state index in [1.165, 1.54) is 6.20 Å².